The largest absolute Gasteiger partial charge is 0.411 e. The number of halogens is 1. The van der Waals surface area contributed by atoms with E-state index in [1.54, 1.807) is 6.92 Å². The number of carbonyl (C=O) groups excluding carboxylic acids is 1. The molecule has 2 aromatic rings. The number of rotatable bonds is 5. The molecule has 1 aromatic carbocycles. The van der Waals surface area contributed by atoms with Crippen LogP contribution < -0.4 is 5.32 Å². The number of hydrogen-bond donors (Lipinski definition) is 1. The summed E-state index contributed by atoms with van der Waals surface area (Å²) in [7, 11) is 0. The quantitative estimate of drug-likeness (QED) is 0.834. The van der Waals surface area contributed by atoms with Crippen molar-refractivity contribution < 1.29 is 9.21 Å². The lowest BCUT2D eigenvalue weighted by Crippen LogP contribution is -2.30. The monoisotopic (exact) mass is 355 g/mol. The van der Waals surface area contributed by atoms with Crippen LogP contribution >= 0.6 is 27.7 Å². The number of carbonyl (C=O) groups is 1. The Morgan fingerprint density at radius 1 is 1.50 bits per heavy atom. The number of benzene rings is 1. The molecule has 20 heavy (non-hydrogen) atoms. The zero-order valence-electron chi connectivity index (χ0n) is 11.1. The molecule has 0 aliphatic heterocycles. The van der Waals surface area contributed by atoms with Gasteiger partial charge in [0, 0.05) is 16.6 Å². The molecular formula is C13H14BrN3O2S. The highest BCUT2D eigenvalue weighted by Gasteiger charge is 2.18. The van der Waals surface area contributed by atoms with Crippen LogP contribution in [0.1, 0.15) is 13.8 Å². The van der Waals surface area contributed by atoms with Crippen LogP contribution in [0.5, 0.6) is 0 Å². The summed E-state index contributed by atoms with van der Waals surface area (Å²) >= 11 is 4.64. The zero-order valence-corrected chi connectivity index (χ0v) is 13.5. The van der Waals surface area contributed by atoms with E-state index in [-0.39, 0.29) is 11.2 Å². The Bertz CT molecular complexity index is 603. The molecule has 7 heteroatoms. The van der Waals surface area contributed by atoms with Gasteiger partial charge < -0.3 is 9.73 Å². The van der Waals surface area contributed by atoms with E-state index in [0.717, 1.165) is 10.0 Å². The predicted molar refractivity (Wildman–Crippen MR) is 81.4 cm³/mol. The van der Waals surface area contributed by atoms with E-state index in [9.17, 15) is 4.79 Å². The third-order valence-corrected chi connectivity index (χ3v) is 3.90. The Kier molecular flexibility index (Phi) is 5.19. The van der Waals surface area contributed by atoms with E-state index in [2.05, 4.69) is 31.4 Å². The van der Waals surface area contributed by atoms with Crippen LogP contribution in [0.25, 0.3) is 11.5 Å². The van der Waals surface area contributed by atoms with Crippen LogP contribution in [0.4, 0.5) is 0 Å². The first-order valence-corrected chi connectivity index (χ1v) is 7.81. The molecule has 106 valence electrons. The average Bonchev–Trinajstić information content (AvgIpc) is 2.87. The van der Waals surface area contributed by atoms with E-state index < -0.39 is 0 Å². The summed E-state index contributed by atoms with van der Waals surface area (Å²) in [6, 6.07) is 7.61. The van der Waals surface area contributed by atoms with Gasteiger partial charge in [0.25, 0.3) is 5.22 Å². The molecule has 1 amide bonds. The molecule has 1 heterocycles. The van der Waals surface area contributed by atoms with E-state index >= 15 is 0 Å². The molecule has 0 fully saturated rings. The second-order valence-corrected chi connectivity index (χ2v) is 6.25. The van der Waals surface area contributed by atoms with Gasteiger partial charge in [-0.1, -0.05) is 33.8 Å². The van der Waals surface area contributed by atoms with Gasteiger partial charge in [0.15, 0.2) is 0 Å². The Morgan fingerprint density at radius 3 is 3.00 bits per heavy atom. The molecular weight excluding hydrogens is 342 g/mol. The van der Waals surface area contributed by atoms with Crippen LogP contribution in [0.2, 0.25) is 0 Å². The van der Waals surface area contributed by atoms with Gasteiger partial charge in [-0.15, -0.1) is 10.2 Å². The lowest BCUT2D eigenvalue weighted by atomic mass is 10.2. The summed E-state index contributed by atoms with van der Waals surface area (Å²) in [6.07, 6.45) is 0. The molecule has 0 aliphatic rings. The normalized spacial score (nSPS) is 12.2. The number of nitrogens with zero attached hydrogens (tertiary/aromatic N) is 2. The molecule has 0 aliphatic carbocycles. The van der Waals surface area contributed by atoms with Gasteiger partial charge in [-0.05, 0) is 32.0 Å². The van der Waals surface area contributed by atoms with Crippen molar-refractivity contribution in [1.82, 2.24) is 15.5 Å². The van der Waals surface area contributed by atoms with Crippen molar-refractivity contribution >= 4 is 33.6 Å². The van der Waals surface area contributed by atoms with Crippen LogP contribution in [-0.2, 0) is 4.79 Å². The molecule has 0 saturated carbocycles. The van der Waals surface area contributed by atoms with Gasteiger partial charge in [-0.3, -0.25) is 4.79 Å². The van der Waals surface area contributed by atoms with Gasteiger partial charge >= 0.3 is 0 Å². The Hall–Kier alpha value is -1.34. The van der Waals surface area contributed by atoms with Crippen molar-refractivity contribution in [2.75, 3.05) is 6.54 Å². The molecule has 1 N–H and O–H groups in total. The highest BCUT2D eigenvalue weighted by Crippen LogP contribution is 2.27. The number of nitrogens with one attached hydrogen (secondary N) is 1. The highest BCUT2D eigenvalue weighted by atomic mass is 79.9. The summed E-state index contributed by atoms with van der Waals surface area (Å²) in [5, 5.41) is 10.8. The minimum atomic E-state index is -0.272. The van der Waals surface area contributed by atoms with Gasteiger partial charge in [0.05, 0.1) is 5.25 Å². The minimum absolute atomic E-state index is 0.0419. The molecule has 1 aromatic heterocycles. The molecule has 2 rings (SSSR count). The predicted octanol–water partition coefficient (Wildman–Crippen LogP) is 3.12. The lowest BCUT2D eigenvalue weighted by molar-refractivity contribution is -0.120. The first kappa shape index (κ1) is 15.1. The molecule has 0 saturated heterocycles. The molecule has 0 unspecified atom stereocenters. The maximum absolute atomic E-state index is 11.6. The number of thioether (sulfide) groups is 1. The molecule has 5 nitrogen and oxygen atoms in total. The molecule has 1 atom stereocenters. The Morgan fingerprint density at radius 2 is 2.30 bits per heavy atom. The third-order valence-electron chi connectivity index (χ3n) is 2.48. The standard InChI is InChI=1S/C13H14BrN3O2S/c1-3-15-11(18)8(2)20-13-17-16-12(19-13)9-5-4-6-10(14)7-9/h4-8H,3H2,1-2H3,(H,15,18)/t8-/m0/s1. The lowest BCUT2D eigenvalue weighted by Gasteiger charge is -2.07. The summed E-state index contributed by atoms with van der Waals surface area (Å²) in [5.74, 6) is 0.400. The van der Waals surface area contributed by atoms with E-state index in [4.69, 9.17) is 4.42 Å². The maximum atomic E-state index is 11.6. The number of hydrogen-bond acceptors (Lipinski definition) is 5. The topological polar surface area (TPSA) is 68.0 Å². The van der Waals surface area contributed by atoms with Crippen LogP contribution in [0.15, 0.2) is 38.4 Å². The van der Waals surface area contributed by atoms with Crippen molar-refractivity contribution in [3.05, 3.63) is 28.7 Å². The SMILES string of the molecule is CCNC(=O)[C@H](C)Sc1nnc(-c2cccc(Br)c2)o1. The first-order valence-electron chi connectivity index (χ1n) is 6.14. The smallest absolute Gasteiger partial charge is 0.277 e. The van der Waals surface area contributed by atoms with Crippen LogP contribution in [0.3, 0.4) is 0 Å². The maximum Gasteiger partial charge on any atom is 0.277 e. The van der Waals surface area contributed by atoms with E-state index in [1.165, 1.54) is 11.8 Å². The van der Waals surface area contributed by atoms with Gasteiger partial charge in [-0.25, -0.2) is 0 Å². The minimum Gasteiger partial charge on any atom is -0.411 e. The molecule has 0 bridgehead atoms. The third kappa shape index (κ3) is 3.83. The van der Waals surface area contributed by atoms with Crippen LogP contribution in [-0.4, -0.2) is 27.9 Å². The van der Waals surface area contributed by atoms with E-state index in [1.807, 2.05) is 31.2 Å². The fourth-order valence-electron chi connectivity index (χ4n) is 1.52. The zero-order chi connectivity index (χ0) is 14.5. The van der Waals surface area contributed by atoms with Gasteiger partial charge in [-0.2, -0.15) is 0 Å². The fourth-order valence-corrected chi connectivity index (χ4v) is 2.63. The second kappa shape index (κ2) is 6.90. The summed E-state index contributed by atoms with van der Waals surface area (Å²) < 4.78 is 6.51. The average molecular weight is 356 g/mol. The van der Waals surface area contributed by atoms with E-state index in [0.29, 0.717) is 17.7 Å². The number of amides is 1. The van der Waals surface area contributed by atoms with Gasteiger partial charge in [0.2, 0.25) is 11.8 Å². The summed E-state index contributed by atoms with van der Waals surface area (Å²) in [6.45, 7) is 4.29. The highest BCUT2D eigenvalue weighted by molar-refractivity contribution is 9.10. The summed E-state index contributed by atoms with van der Waals surface area (Å²) in [4.78, 5) is 11.6. The Labute approximate surface area is 129 Å². The fraction of sp³-hybridized carbons (Fsp3) is 0.308. The van der Waals surface area contributed by atoms with Gasteiger partial charge in [0.1, 0.15) is 0 Å². The van der Waals surface area contributed by atoms with Crippen molar-refractivity contribution in [3.63, 3.8) is 0 Å². The second-order valence-electron chi connectivity index (χ2n) is 4.04. The number of aromatic nitrogens is 2. The summed E-state index contributed by atoms with van der Waals surface area (Å²) in [5.41, 5.74) is 0.837. The van der Waals surface area contributed by atoms with Crippen LogP contribution in [0, 0.1) is 0 Å². The molecule has 0 radical (unpaired) electrons. The van der Waals surface area contributed by atoms with Crippen molar-refractivity contribution in [2.45, 2.75) is 24.3 Å². The van der Waals surface area contributed by atoms with Crippen molar-refractivity contribution in [1.29, 1.82) is 0 Å². The first-order chi connectivity index (χ1) is 9.60. The Balaban J connectivity index is 2.08. The molecule has 0 spiro atoms. The van der Waals surface area contributed by atoms with Crippen molar-refractivity contribution in [3.8, 4) is 11.5 Å². The van der Waals surface area contributed by atoms with Crippen molar-refractivity contribution in [2.24, 2.45) is 0 Å².